The Balaban J connectivity index is 1.80. The van der Waals surface area contributed by atoms with E-state index in [0.29, 0.717) is 0 Å². The third-order valence-electron chi connectivity index (χ3n) is 5.01. The summed E-state index contributed by atoms with van der Waals surface area (Å²) in [6.45, 7) is -0.720. The Morgan fingerprint density at radius 1 is 0.674 bits per heavy atom. The molecule has 0 aromatic heterocycles. The number of non-ortho nitro benzene ring substituents is 2. The van der Waals surface area contributed by atoms with Crippen molar-refractivity contribution in [3.63, 3.8) is 0 Å². The maximum atomic E-state index is 12.6. The van der Waals surface area contributed by atoms with E-state index < -0.39 is 28.2 Å². The van der Waals surface area contributed by atoms with Crippen LogP contribution in [-0.2, 0) is 23.8 Å². The molecule has 0 aliphatic rings. The predicted molar refractivity (Wildman–Crippen MR) is 144 cm³/mol. The van der Waals surface area contributed by atoms with E-state index in [9.17, 15) is 34.6 Å². The van der Waals surface area contributed by atoms with Gasteiger partial charge in [-0.3, -0.25) is 20.2 Å². The predicted octanol–water partition coefficient (Wildman–Crippen LogP) is 3.18. The van der Waals surface area contributed by atoms with Gasteiger partial charge in [-0.1, -0.05) is 0 Å². The van der Waals surface area contributed by atoms with Crippen molar-refractivity contribution in [1.82, 2.24) is 9.80 Å². The first-order valence-electron chi connectivity index (χ1n) is 12.5. The van der Waals surface area contributed by atoms with Crippen molar-refractivity contribution in [1.29, 1.82) is 0 Å². The lowest BCUT2D eigenvalue weighted by molar-refractivity contribution is -0.385. The van der Waals surface area contributed by atoms with Crippen LogP contribution in [0.2, 0.25) is 0 Å². The van der Waals surface area contributed by atoms with Gasteiger partial charge in [-0.15, -0.1) is 0 Å². The number of ether oxygens (including phenoxy) is 5. The Morgan fingerprint density at radius 3 is 1.72 bits per heavy atom. The molecule has 0 heterocycles. The van der Waals surface area contributed by atoms with Crippen LogP contribution in [0.25, 0.3) is 0 Å². The van der Waals surface area contributed by atoms with Crippen LogP contribution < -0.4 is 9.62 Å². The molecule has 0 spiro atoms. The van der Waals surface area contributed by atoms with Crippen molar-refractivity contribution in [2.75, 3.05) is 66.8 Å². The number of amides is 2. The largest absolute Gasteiger partial charge is 0.513 e. The van der Waals surface area contributed by atoms with Gasteiger partial charge in [-0.05, 0) is 24.3 Å². The SMILES string of the molecule is CN(C)C(=O)OCCOCCOC(=O)N(CCOOc1ccc([N+](=O)[O-])cc1)CCOC(=O)Oc1ccc([N+](=O)[O-])cc1. The van der Waals surface area contributed by atoms with Crippen LogP contribution in [0.15, 0.2) is 48.5 Å². The molecule has 43 heavy (non-hydrogen) atoms. The van der Waals surface area contributed by atoms with Gasteiger partial charge < -0.3 is 38.4 Å². The number of hydrogen-bond acceptors (Lipinski definition) is 14. The lowest BCUT2D eigenvalue weighted by Crippen LogP contribution is -2.38. The van der Waals surface area contributed by atoms with E-state index in [1.54, 1.807) is 0 Å². The summed E-state index contributed by atoms with van der Waals surface area (Å²) in [5, 5.41) is 21.5. The lowest BCUT2D eigenvalue weighted by atomic mass is 10.3. The summed E-state index contributed by atoms with van der Waals surface area (Å²) in [6.07, 6.45) is -2.43. The molecule has 0 radical (unpaired) electrons. The van der Waals surface area contributed by atoms with E-state index in [0.717, 1.165) is 17.0 Å². The summed E-state index contributed by atoms with van der Waals surface area (Å²) >= 11 is 0. The average Bonchev–Trinajstić information content (AvgIpc) is 2.98. The number of rotatable bonds is 17. The van der Waals surface area contributed by atoms with E-state index >= 15 is 0 Å². The average molecular weight is 611 g/mol. The zero-order valence-corrected chi connectivity index (χ0v) is 23.3. The number of nitro groups is 2. The minimum Gasteiger partial charge on any atom is -0.447 e. The number of carbonyl (C=O) groups excluding carboxylic acids is 3. The smallest absolute Gasteiger partial charge is 0.447 e. The zero-order chi connectivity index (χ0) is 31.6. The fraction of sp³-hybridized carbons (Fsp3) is 0.400. The second-order valence-electron chi connectivity index (χ2n) is 8.33. The molecule has 2 amide bonds. The molecule has 0 bridgehead atoms. The van der Waals surface area contributed by atoms with E-state index in [1.165, 1.54) is 55.4 Å². The highest BCUT2D eigenvalue weighted by molar-refractivity contribution is 5.68. The topological polar surface area (TPSA) is 209 Å². The van der Waals surface area contributed by atoms with Gasteiger partial charge in [0.05, 0.1) is 36.1 Å². The monoisotopic (exact) mass is 610 g/mol. The van der Waals surface area contributed by atoms with E-state index in [2.05, 4.69) is 0 Å². The third-order valence-corrected chi connectivity index (χ3v) is 5.01. The maximum absolute atomic E-state index is 12.6. The van der Waals surface area contributed by atoms with E-state index in [-0.39, 0.29) is 75.6 Å². The molecule has 0 atom stereocenters. The molecular formula is C25H30N4O14. The molecule has 2 aromatic rings. The molecule has 0 saturated carbocycles. The molecule has 2 aromatic carbocycles. The quantitative estimate of drug-likeness (QED) is 0.0479. The first kappa shape index (κ1) is 34.0. The van der Waals surface area contributed by atoms with Gasteiger partial charge in [0.2, 0.25) is 0 Å². The van der Waals surface area contributed by atoms with Crippen LogP contribution >= 0.6 is 0 Å². The fourth-order valence-corrected chi connectivity index (χ4v) is 2.87. The van der Waals surface area contributed by atoms with Gasteiger partial charge in [-0.2, -0.15) is 4.89 Å². The van der Waals surface area contributed by atoms with Crippen molar-refractivity contribution >= 4 is 29.7 Å². The van der Waals surface area contributed by atoms with Crippen molar-refractivity contribution in [2.45, 2.75) is 0 Å². The summed E-state index contributed by atoms with van der Waals surface area (Å²) in [5.41, 5.74) is -0.320. The molecule has 234 valence electrons. The standard InChI is InChI=1S/C25H30N4O14/c1-26(2)23(30)38-17-15-37-16-18-39-24(31)27(12-14-41-43-22-9-5-20(6-10-22)29(35)36)11-13-40-25(32)42-21-7-3-19(4-8-21)28(33)34/h3-10H,11-18H2,1-2H3. The van der Waals surface area contributed by atoms with Crippen molar-refractivity contribution in [2.24, 2.45) is 0 Å². The Kier molecular flexibility index (Phi) is 14.4. The first-order valence-corrected chi connectivity index (χ1v) is 12.5. The minimum absolute atomic E-state index is 0.0104. The Hall–Kier alpha value is -5.23. The normalized spacial score (nSPS) is 10.3. The summed E-state index contributed by atoms with van der Waals surface area (Å²) in [5.74, 6) is 0.200. The molecule has 2 rings (SSSR count). The summed E-state index contributed by atoms with van der Waals surface area (Å²) in [7, 11) is 3.07. The highest BCUT2D eigenvalue weighted by Gasteiger charge is 2.17. The number of hydrogen-bond donors (Lipinski definition) is 0. The first-order chi connectivity index (χ1) is 20.6. The van der Waals surface area contributed by atoms with Crippen LogP contribution in [0.3, 0.4) is 0 Å². The van der Waals surface area contributed by atoms with Crippen molar-refractivity contribution in [3.05, 3.63) is 68.8 Å². The number of carbonyl (C=O) groups is 3. The molecule has 0 fully saturated rings. The Bertz CT molecular complexity index is 1210. The molecule has 18 heteroatoms. The summed E-state index contributed by atoms with van der Waals surface area (Å²) in [6, 6.07) is 9.86. The number of benzene rings is 2. The molecule has 0 aliphatic heterocycles. The number of nitro benzene ring substituents is 2. The third kappa shape index (κ3) is 13.3. The second-order valence-corrected chi connectivity index (χ2v) is 8.33. The maximum Gasteiger partial charge on any atom is 0.513 e. The van der Waals surface area contributed by atoms with Crippen LogP contribution in [0, 0.1) is 20.2 Å². The van der Waals surface area contributed by atoms with Crippen LogP contribution in [0.4, 0.5) is 25.8 Å². The highest BCUT2D eigenvalue weighted by Crippen LogP contribution is 2.18. The Labute approximate surface area is 244 Å². The van der Waals surface area contributed by atoms with Gasteiger partial charge in [0.1, 0.15) is 32.2 Å². The van der Waals surface area contributed by atoms with Gasteiger partial charge in [0.15, 0.2) is 5.75 Å². The molecule has 0 N–H and O–H groups in total. The molecule has 0 aliphatic carbocycles. The number of nitrogens with zero attached hydrogens (tertiary/aromatic N) is 4. The lowest BCUT2D eigenvalue weighted by Gasteiger charge is -2.21. The van der Waals surface area contributed by atoms with Crippen LogP contribution in [0.5, 0.6) is 11.5 Å². The molecule has 18 nitrogen and oxygen atoms in total. The Morgan fingerprint density at radius 2 is 1.19 bits per heavy atom. The van der Waals surface area contributed by atoms with Gasteiger partial charge in [0, 0.05) is 38.4 Å². The summed E-state index contributed by atoms with van der Waals surface area (Å²) in [4.78, 5) is 68.8. The minimum atomic E-state index is -1.11. The van der Waals surface area contributed by atoms with E-state index in [1.807, 2.05) is 0 Å². The van der Waals surface area contributed by atoms with Crippen molar-refractivity contribution < 1.29 is 57.7 Å². The van der Waals surface area contributed by atoms with Gasteiger partial charge >= 0.3 is 18.3 Å². The molecular weight excluding hydrogens is 580 g/mol. The molecule has 0 saturated heterocycles. The van der Waals surface area contributed by atoms with E-state index in [4.69, 9.17) is 33.5 Å². The highest BCUT2D eigenvalue weighted by atomic mass is 17.2. The van der Waals surface area contributed by atoms with Crippen LogP contribution in [0.1, 0.15) is 0 Å². The van der Waals surface area contributed by atoms with Gasteiger partial charge in [0.25, 0.3) is 11.4 Å². The van der Waals surface area contributed by atoms with Crippen molar-refractivity contribution in [3.8, 4) is 11.5 Å². The van der Waals surface area contributed by atoms with Crippen LogP contribution in [-0.4, -0.2) is 105 Å². The zero-order valence-electron chi connectivity index (χ0n) is 23.3. The summed E-state index contributed by atoms with van der Waals surface area (Å²) < 4.78 is 25.2. The molecule has 0 unspecified atom stereocenters. The fourth-order valence-electron chi connectivity index (χ4n) is 2.87. The van der Waals surface area contributed by atoms with Gasteiger partial charge in [-0.25, -0.2) is 14.4 Å². The second kappa shape index (κ2) is 18.3.